The summed E-state index contributed by atoms with van der Waals surface area (Å²) in [4.78, 5) is 14.2. The van der Waals surface area contributed by atoms with Gasteiger partial charge in [-0.1, -0.05) is 6.92 Å². The average Bonchev–Trinajstić information content (AvgIpc) is 2.77. The van der Waals surface area contributed by atoms with Crippen molar-refractivity contribution in [3.8, 4) is 0 Å². The van der Waals surface area contributed by atoms with Crippen molar-refractivity contribution in [3.05, 3.63) is 0 Å². The minimum Gasteiger partial charge on any atom is -0.352 e. The summed E-state index contributed by atoms with van der Waals surface area (Å²) in [5.41, 5.74) is 5.91. The second-order valence-corrected chi connectivity index (χ2v) is 5.40. The minimum absolute atomic E-state index is 0. The third kappa shape index (κ3) is 4.75. The lowest BCUT2D eigenvalue weighted by Crippen LogP contribution is -2.47. The van der Waals surface area contributed by atoms with Crippen LogP contribution in [0.3, 0.4) is 0 Å². The molecule has 1 aliphatic heterocycles. The zero-order chi connectivity index (χ0) is 13.0. The van der Waals surface area contributed by atoms with E-state index in [-0.39, 0.29) is 36.4 Å². The Morgan fingerprint density at radius 2 is 2.06 bits per heavy atom. The normalized spacial score (nSPS) is 25.1. The Hall–Kier alpha value is -0.320. The number of likely N-dealkylation sites (tertiary alicyclic amines) is 1. The highest BCUT2D eigenvalue weighted by molar-refractivity contribution is 5.85. The van der Waals surface area contributed by atoms with Gasteiger partial charge in [-0.15, -0.1) is 12.4 Å². The lowest BCUT2D eigenvalue weighted by molar-refractivity contribution is -0.126. The predicted octanol–water partition coefficient (Wildman–Crippen LogP) is 1.38. The van der Waals surface area contributed by atoms with Crippen LogP contribution in [0.5, 0.6) is 0 Å². The molecule has 4 unspecified atom stereocenters. The van der Waals surface area contributed by atoms with Crippen LogP contribution in [0.4, 0.5) is 0 Å². The molecule has 1 fully saturated rings. The number of nitrogens with zero attached hydrogens (tertiary/aromatic N) is 1. The summed E-state index contributed by atoms with van der Waals surface area (Å²) in [7, 11) is 0. The summed E-state index contributed by atoms with van der Waals surface area (Å²) >= 11 is 0. The fraction of sp³-hybridized carbons (Fsp3) is 0.923. The summed E-state index contributed by atoms with van der Waals surface area (Å²) in [5.74, 6) is 0.679. The van der Waals surface area contributed by atoms with E-state index in [1.165, 1.54) is 0 Å². The highest BCUT2D eigenvalue weighted by atomic mass is 35.5. The molecule has 0 radical (unpaired) electrons. The topological polar surface area (TPSA) is 58.4 Å². The van der Waals surface area contributed by atoms with E-state index in [1.807, 2.05) is 13.8 Å². The van der Waals surface area contributed by atoms with Crippen molar-refractivity contribution in [1.29, 1.82) is 0 Å². The van der Waals surface area contributed by atoms with E-state index in [2.05, 4.69) is 24.1 Å². The molecule has 0 aromatic heterocycles. The zero-order valence-electron chi connectivity index (χ0n) is 12.0. The molecular weight excluding hydrogens is 250 g/mol. The van der Waals surface area contributed by atoms with Gasteiger partial charge in [0.1, 0.15) is 0 Å². The predicted molar refractivity (Wildman–Crippen MR) is 77.9 cm³/mol. The molecule has 0 spiro atoms. The quantitative estimate of drug-likeness (QED) is 0.798. The standard InChI is InChI=1S/C13H27N3O.ClH/c1-5-9(2)15-13(17)11(4)16-7-6-12(8-16)10(3)14;/h9-12H,5-8,14H2,1-4H3,(H,15,17);1H. The van der Waals surface area contributed by atoms with Crippen molar-refractivity contribution in [1.82, 2.24) is 10.2 Å². The maximum atomic E-state index is 12.0. The molecule has 1 saturated heterocycles. The van der Waals surface area contributed by atoms with Gasteiger partial charge in [-0.05, 0) is 46.1 Å². The second kappa shape index (κ2) is 7.97. The first-order valence-corrected chi connectivity index (χ1v) is 6.75. The van der Waals surface area contributed by atoms with E-state index in [1.54, 1.807) is 0 Å². The number of rotatable bonds is 5. The van der Waals surface area contributed by atoms with E-state index < -0.39 is 0 Å². The van der Waals surface area contributed by atoms with Crippen LogP contribution >= 0.6 is 12.4 Å². The van der Waals surface area contributed by atoms with Gasteiger partial charge in [0.25, 0.3) is 0 Å². The SMILES string of the molecule is CCC(C)NC(=O)C(C)N1CCC(C(C)N)C1.Cl. The van der Waals surface area contributed by atoms with Crippen molar-refractivity contribution in [2.24, 2.45) is 11.7 Å². The molecule has 0 aromatic rings. The second-order valence-electron chi connectivity index (χ2n) is 5.40. The number of carbonyl (C=O) groups excluding carboxylic acids is 1. The van der Waals surface area contributed by atoms with Crippen LogP contribution < -0.4 is 11.1 Å². The van der Waals surface area contributed by atoms with Gasteiger partial charge in [0.15, 0.2) is 0 Å². The molecule has 0 aliphatic carbocycles. The molecule has 1 aliphatic rings. The Bertz CT molecular complexity index is 261. The number of halogens is 1. The Balaban J connectivity index is 0.00000289. The first-order chi connectivity index (χ1) is 7.95. The molecule has 0 bridgehead atoms. The van der Waals surface area contributed by atoms with E-state index in [0.29, 0.717) is 5.92 Å². The molecular formula is C13H28ClN3O. The van der Waals surface area contributed by atoms with Gasteiger partial charge in [0.2, 0.25) is 5.91 Å². The summed E-state index contributed by atoms with van der Waals surface area (Å²) in [6, 6.07) is 0.453. The molecule has 5 heteroatoms. The van der Waals surface area contributed by atoms with Crippen LogP contribution in [0.2, 0.25) is 0 Å². The van der Waals surface area contributed by atoms with Crippen LogP contribution in [0.1, 0.15) is 40.5 Å². The monoisotopic (exact) mass is 277 g/mol. The fourth-order valence-electron chi connectivity index (χ4n) is 2.23. The first kappa shape index (κ1) is 17.7. The van der Waals surface area contributed by atoms with E-state index in [9.17, 15) is 4.79 Å². The Morgan fingerprint density at radius 1 is 1.44 bits per heavy atom. The fourth-order valence-corrected chi connectivity index (χ4v) is 2.23. The van der Waals surface area contributed by atoms with Crippen molar-refractivity contribution in [2.75, 3.05) is 13.1 Å². The van der Waals surface area contributed by atoms with Crippen molar-refractivity contribution in [2.45, 2.75) is 58.7 Å². The van der Waals surface area contributed by atoms with Gasteiger partial charge in [0, 0.05) is 18.6 Å². The lowest BCUT2D eigenvalue weighted by atomic mass is 10.0. The van der Waals surface area contributed by atoms with Gasteiger partial charge in [-0.2, -0.15) is 0 Å². The zero-order valence-corrected chi connectivity index (χ0v) is 12.8. The van der Waals surface area contributed by atoms with E-state index >= 15 is 0 Å². The first-order valence-electron chi connectivity index (χ1n) is 6.75. The lowest BCUT2D eigenvalue weighted by Gasteiger charge is -2.25. The molecule has 108 valence electrons. The number of nitrogens with two attached hydrogens (primary N) is 1. The maximum Gasteiger partial charge on any atom is 0.237 e. The van der Waals surface area contributed by atoms with Crippen molar-refractivity contribution >= 4 is 18.3 Å². The summed E-state index contributed by atoms with van der Waals surface area (Å²) < 4.78 is 0. The molecule has 18 heavy (non-hydrogen) atoms. The average molecular weight is 278 g/mol. The molecule has 1 heterocycles. The number of amides is 1. The molecule has 0 saturated carbocycles. The van der Waals surface area contributed by atoms with Gasteiger partial charge < -0.3 is 11.1 Å². The van der Waals surface area contributed by atoms with Crippen LogP contribution in [0.25, 0.3) is 0 Å². The smallest absolute Gasteiger partial charge is 0.237 e. The molecule has 3 N–H and O–H groups in total. The summed E-state index contributed by atoms with van der Waals surface area (Å²) in [6.07, 6.45) is 2.08. The summed E-state index contributed by atoms with van der Waals surface area (Å²) in [5, 5.41) is 3.04. The van der Waals surface area contributed by atoms with Gasteiger partial charge in [-0.3, -0.25) is 9.69 Å². The Morgan fingerprint density at radius 3 is 2.50 bits per heavy atom. The minimum atomic E-state index is -0.0345. The number of hydrogen-bond donors (Lipinski definition) is 2. The number of hydrogen-bond acceptors (Lipinski definition) is 3. The highest BCUT2D eigenvalue weighted by Gasteiger charge is 2.31. The number of nitrogens with one attached hydrogen (secondary N) is 1. The third-order valence-electron chi connectivity index (χ3n) is 3.93. The number of carbonyl (C=O) groups is 1. The molecule has 4 nitrogen and oxygen atoms in total. The summed E-state index contributed by atoms with van der Waals surface area (Å²) in [6.45, 7) is 10.1. The molecule has 0 aromatic carbocycles. The highest BCUT2D eigenvalue weighted by Crippen LogP contribution is 2.20. The van der Waals surface area contributed by atoms with Gasteiger partial charge in [0.05, 0.1) is 6.04 Å². The van der Waals surface area contributed by atoms with Crippen LogP contribution in [0, 0.1) is 5.92 Å². The molecule has 1 rings (SSSR count). The van der Waals surface area contributed by atoms with Crippen LogP contribution in [-0.4, -0.2) is 42.0 Å². The van der Waals surface area contributed by atoms with Gasteiger partial charge in [-0.25, -0.2) is 0 Å². The third-order valence-corrected chi connectivity index (χ3v) is 3.93. The molecule has 1 amide bonds. The Labute approximate surface area is 117 Å². The van der Waals surface area contributed by atoms with Crippen LogP contribution in [-0.2, 0) is 4.79 Å². The van der Waals surface area contributed by atoms with Gasteiger partial charge >= 0.3 is 0 Å². The van der Waals surface area contributed by atoms with Crippen molar-refractivity contribution < 1.29 is 4.79 Å². The largest absolute Gasteiger partial charge is 0.352 e. The molecule has 4 atom stereocenters. The van der Waals surface area contributed by atoms with E-state index in [0.717, 1.165) is 25.9 Å². The maximum absolute atomic E-state index is 12.0. The van der Waals surface area contributed by atoms with E-state index in [4.69, 9.17) is 5.73 Å². The van der Waals surface area contributed by atoms with Crippen LogP contribution in [0.15, 0.2) is 0 Å². The van der Waals surface area contributed by atoms with Crippen molar-refractivity contribution in [3.63, 3.8) is 0 Å². The Kier molecular flexibility index (Phi) is 7.83.